The summed E-state index contributed by atoms with van der Waals surface area (Å²) < 4.78 is 25.9. The topological polar surface area (TPSA) is 39.1 Å². The molecule has 0 amide bonds. The molecule has 0 N–H and O–H groups in total. The molecular weight excluding hydrogens is 341 g/mol. The van der Waals surface area contributed by atoms with Gasteiger partial charge in [0.15, 0.2) is 0 Å². The van der Waals surface area contributed by atoms with Gasteiger partial charge in [0.25, 0.3) is 0 Å². The maximum atomic E-state index is 11.6. The van der Waals surface area contributed by atoms with Crippen LogP contribution < -0.4 is 3.58 Å². The molecule has 0 bridgehead atoms. The zero-order valence-electron chi connectivity index (χ0n) is 10.6. The van der Waals surface area contributed by atoms with E-state index in [1.807, 2.05) is 12.1 Å². The minimum absolute atomic E-state index is 0.770. The summed E-state index contributed by atoms with van der Waals surface area (Å²) in [6, 6.07) is 8.03. The number of rotatable bonds is 2. The summed E-state index contributed by atoms with van der Waals surface area (Å²) in [5, 5.41) is 1.01. The van der Waals surface area contributed by atoms with E-state index in [0.717, 1.165) is 10.9 Å². The maximum absolute atomic E-state index is 11.6. The van der Waals surface area contributed by atoms with Crippen LogP contribution in [0.5, 0.6) is 0 Å². The Morgan fingerprint density at radius 2 is 1.76 bits per heavy atom. The molecule has 0 atom stereocenters. The molecular formula is C12H17NO2SSn. The monoisotopic (exact) mass is 359 g/mol. The molecule has 2 aromatic rings. The van der Waals surface area contributed by atoms with Crippen LogP contribution in [0, 0.1) is 0 Å². The quantitative estimate of drug-likeness (QED) is 0.771. The Bertz CT molecular complexity index is 665. The van der Waals surface area contributed by atoms with Crippen molar-refractivity contribution in [1.82, 2.24) is 3.97 Å². The van der Waals surface area contributed by atoms with E-state index in [4.69, 9.17) is 0 Å². The summed E-state index contributed by atoms with van der Waals surface area (Å²) in [6.45, 7) is 0. The van der Waals surface area contributed by atoms with Crippen molar-refractivity contribution in [2.24, 2.45) is 0 Å². The normalized spacial score (nSPS) is 13.2. The Hall–Kier alpha value is -0.491. The first-order valence-corrected chi connectivity index (χ1v) is 17.4. The van der Waals surface area contributed by atoms with Gasteiger partial charge >= 0.3 is 107 Å². The fourth-order valence-electron chi connectivity index (χ4n) is 1.87. The van der Waals surface area contributed by atoms with Crippen molar-refractivity contribution >= 4 is 42.9 Å². The van der Waals surface area contributed by atoms with Crippen LogP contribution >= 0.6 is 0 Å². The molecule has 0 aliphatic carbocycles. The van der Waals surface area contributed by atoms with Gasteiger partial charge in [0, 0.05) is 0 Å². The molecule has 3 nitrogen and oxygen atoms in total. The van der Waals surface area contributed by atoms with Gasteiger partial charge in [-0.15, -0.1) is 0 Å². The first kappa shape index (κ1) is 13.0. The Balaban J connectivity index is 2.69. The van der Waals surface area contributed by atoms with E-state index in [-0.39, 0.29) is 0 Å². The SMILES string of the molecule is CS(=O)(=O)n1ccc2c[c]([Sn]([CH3])([CH3])[CH3])ccc21. The van der Waals surface area contributed by atoms with Crippen LogP contribution in [-0.2, 0) is 10.0 Å². The number of hydrogen-bond acceptors (Lipinski definition) is 2. The molecule has 0 fully saturated rings. The summed E-state index contributed by atoms with van der Waals surface area (Å²) in [5.41, 5.74) is 0.770. The van der Waals surface area contributed by atoms with Crippen LogP contribution in [0.4, 0.5) is 0 Å². The molecule has 17 heavy (non-hydrogen) atoms. The first-order valence-electron chi connectivity index (χ1n) is 5.52. The molecule has 1 heterocycles. The van der Waals surface area contributed by atoms with Crippen LogP contribution in [0.25, 0.3) is 10.9 Å². The Morgan fingerprint density at radius 3 is 2.29 bits per heavy atom. The van der Waals surface area contributed by atoms with E-state index in [1.165, 1.54) is 13.8 Å². The summed E-state index contributed by atoms with van der Waals surface area (Å²) in [5.74, 6) is 0. The second-order valence-electron chi connectivity index (χ2n) is 5.40. The van der Waals surface area contributed by atoms with Gasteiger partial charge in [0.1, 0.15) is 0 Å². The molecule has 0 radical (unpaired) electrons. The zero-order valence-corrected chi connectivity index (χ0v) is 14.2. The van der Waals surface area contributed by atoms with Crippen molar-refractivity contribution in [2.75, 3.05) is 6.26 Å². The van der Waals surface area contributed by atoms with Crippen molar-refractivity contribution in [2.45, 2.75) is 14.8 Å². The minimum atomic E-state index is -3.20. The van der Waals surface area contributed by atoms with Crippen molar-refractivity contribution in [3.05, 3.63) is 30.5 Å². The van der Waals surface area contributed by atoms with Gasteiger partial charge in [-0.1, -0.05) is 0 Å². The number of fused-ring (bicyclic) bond motifs is 1. The van der Waals surface area contributed by atoms with Gasteiger partial charge in [-0.25, -0.2) is 0 Å². The van der Waals surface area contributed by atoms with Crippen molar-refractivity contribution in [1.29, 1.82) is 0 Å². The van der Waals surface area contributed by atoms with Crippen LogP contribution in [-0.4, -0.2) is 37.0 Å². The van der Waals surface area contributed by atoms with E-state index < -0.39 is 28.4 Å². The van der Waals surface area contributed by atoms with Gasteiger partial charge in [-0.05, 0) is 0 Å². The third-order valence-electron chi connectivity index (χ3n) is 2.88. The predicted molar refractivity (Wildman–Crippen MR) is 75.2 cm³/mol. The summed E-state index contributed by atoms with van der Waals surface area (Å²) in [6.07, 6.45) is 2.85. The van der Waals surface area contributed by atoms with Gasteiger partial charge in [0.05, 0.1) is 0 Å². The molecule has 0 saturated carbocycles. The molecule has 0 unspecified atom stereocenters. The Morgan fingerprint density at radius 1 is 1.12 bits per heavy atom. The number of benzene rings is 1. The molecule has 0 saturated heterocycles. The molecule has 92 valence electrons. The third-order valence-corrected chi connectivity index (χ3v) is 9.74. The van der Waals surface area contributed by atoms with Crippen molar-refractivity contribution < 1.29 is 8.42 Å². The van der Waals surface area contributed by atoms with Gasteiger partial charge in [-0.3, -0.25) is 0 Å². The third kappa shape index (κ3) is 2.52. The predicted octanol–water partition coefficient (Wildman–Crippen LogP) is 1.99. The van der Waals surface area contributed by atoms with E-state index in [9.17, 15) is 8.42 Å². The van der Waals surface area contributed by atoms with Crippen molar-refractivity contribution in [3.8, 4) is 0 Å². The average Bonchev–Trinajstić information content (AvgIpc) is 2.57. The number of hydrogen-bond donors (Lipinski definition) is 0. The van der Waals surface area contributed by atoms with Crippen LogP contribution in [0.15, 0.2) is 30.5 Å². The van der Waals surface area contributed by atoms with Crippen LogP contribution in [0.3, 0.4) is 0 Å². The fourth-order valence-corrected chi connectivity index (χ4v) is 6.02. The average molecular weight is 358 g/mol. The van der Waals surface area contributed by atoms with Crippen molar-refractivity contribution in [3.63, 3.8) is 0 Å². The second kappa shape index (κ2) is 4.02. The number of aromatic nitrogens is 1. The molecule has 0 aliphatic rings. The summed E-state index contributed by atoms with van der Waals surface area (Å²) >= 11 is -2.07. The first-order chi connectivity index (χ1) is 7.69. The summed E-state index contributed by atoms with van der Waals surface area (Å²) in [7, 11) is -3.20. The summed E-state index contributed by atoms with van der Waals surface area (Å²) in [4.78, 5) is 7.05. The molecule has 1 aromatic carbocycles. The van der Waals surface area contributed by atoms with Gasteiger partial charge in [-0.2, -0.15) is 0 Å². The zero-order chi connectivity index (χ0) is 12.8. The molecule has 0 aliphatic heterocycles. The van der Waals surface area contributed by atoms with Gasteiger partial charge in [0.2, 0.25) is 0 Å². The van der Waals surface area contributed by atoms with Crippen LogP contribution in [0.1, 0.15) is 0 Å². The van der Waals surface area contributed by atoms with E-state index in [0.29, 0.717) is 0 Å². The Labute approximate surface area is 106 Å². The number of nitrogens with zero attached hydrogens (tertiary/aromatic N) is 1. The standard InChI is InChI=1S/C9H8NO2S.3CH3.Sn/c1-13(11,12)10-7-6-8-4-2-3-5-9(8)10;;;;/h3-7H,1H3;3*1H3;. The molecule has 5 heteroatoms. The van der Waals surface area contributed by atoms with E-state index >= 15 is 0 Å². The van der Waals surface area contributed by atoms with Crippen LogP contribution in [0.2, 0.25) is 14.8 Å². The van der Waals surface area contributed by atoms with E-state index in [2.05, 4.69) is 27.0 Å². The molecule has 2 rings (SSSR count). The van der Waals surface area contributed by atoms with E-state index in [1.54, 1.807) is 6.20 Å². The fraction of sp³-hybridized carbons (Fsp3) is 0.333. The Kier molecular flexibility index (Phi) is 3.06. The second-order valence-corrected chi connectivity index (χ2v) is 21.7. The molecule has 0 spiro atoms. The molecule has 1 aromatic heterocycles. The van der Waals surface area contributed by atoms with Gasteiger partial charge < -0.3 is 0 Å².